The lowest BCUT2D eigenvalue weighted by Crippen LogP contribution is -2.27. The smallest absolute Gasteiger partial charge is 0.335 e. The highest BCUT2D eigenvalue weighted by molar-refractivity contribution is 6.02. The van der Waals surface area contributed by atoms with Crippen LogP contribution in [-0.4, -0.2) is 24.1 Å². The largest absolute Gasteiger partial charge is 0.497 e. The van der Waals surface area contributed by atoms with Crippen molar-refractivity contribution in [3.8, 4) is 16.9 Å². The highest BCUT2D eigenvalue weighted by Crippen LogP contribution is 2.49. The van der Waals surface area contributed by atoms with Crippen molar-refractivity contribution >= 4 is 17.6 Å². The van der Waals surface area contributed by atoms with Crippen LogP contribution in [0.3, 0.4) is 0 Å². The number of aromatic carboxylic acids is 1. The summed E-state index contributed by atoms with van der Waals surface area (Å²) in [6.07, 6.45) is 1.52. The third-order valence-electron chi connectivity index (χ3n) is 5.78. The van der Waals surface area contributed by atoms with E-state index in [2.05, 4.69) is 5.32 Å². The molecule has 6 heteroatoms. The van der Waals surface area contributed by atoms with Gasteiger partial charge in [-0.15, -0.1) is 0 Å². The SMILES string of the molecule is COc1ccc(C2(C(=O)Nc3ccc(C)c(-c4cc(F)cc(C(=O)O)c4)c3)CC2)cc1.[HH].[HH]. The van der Waals surface area contributed by atoms with Gasteiger partial charge in [-0.2, -0.15) is 0 Å². The van der Waals surface area contributed by atoms with Gasteiger partial charge in [0, 0.05) is 8.54 Å². The minimum atomic E-state index is -1.20. The average molecular weight is 423 g/mol. The van der Waals surface area contributed by atoms with Gasteiger partial charge < -0.3 is 15.2 Å². The first kappa shape index (κ1) is 20.6. The lowest BCUT2D eigenvalue weighted by Gasteiger charge is -2.17. The van der Waals surface area contributed by atoms with E-state index in [0.29, 0.717) is 16.8 Å². The number of nitrogens with one attached hydrogen (secondary N) is 1. The van der Waals surface area contributed by atoms with Crippen LogP contribution in [0.15, 0.2) is 60.7 Å². The molecular weight excluding hydrogens is 397 g/mol. The van der Waals surface area contributed by atoms with Crippen molar-refractivity contribution in [3.63, 3.8) is 0 Å². The summed E-state index contributed by atoms with van der Waals surface area (Å²) in [5.41, 5.74) is 2.78. The Balaban J connectivity index is 0.00000193. The van der Waals surface area contributed by atoms with E-state index in [1.165, 1.54) is 12.1 Å². The number of hydrogen-bond donors (Lipinski definition) is 2. The normalized spacial score (nSPS) is 14.0. The third-order valence-corrected chi connectivity index (χ3v) is 5.78. The number of hydrogen-bond acceptors (Lipinski definition) is 3. The van der Waals surface area contributed by atoms with Crippen LogP contribution in [0.5, 0.6) is 5.75 Å². The topological polar surface area (TPSA) is 75.6 Å². The number of ether oxygens (including phenoxy) is 1. The molecule has 0 saturated heterocycles. The zero-order chi connectivity index (χ0) is 22.2. The molecule has 0 aromatic heterocycles. The molecule has 1 fully saturated rings. The molecule has 162 valence electrons. The van der Waals surface area contributed by atoms with Crippen molar-refractivity contribution in [1.82, 2.24) is 0 Å². The fraction of sp³-hybridized carbons (Fsp3) is 0.200. The van der Waals surface area contributed by atoms with Crippen LogP contribution in [0, 0.1) is 12.7 Å². The first-order chi connectivity index (χ1) is 14.8. The molecule has 0 aliphatic heterocycles. The molecule has 0 heterocycles. The minimum Gasteiger partial charge on any atom is -0.497 e. The Kier molecular flexibility index (Phi) is 5.23. The van der Waals surface area contributed by atoms with Gasteiger partial charge in [0.25, 0.3) is 0 Å². The van der Waals surface area contributed by atoms with Crippen molar-refractivity contribution in [3.05, 3.63) is 83.2 Å². The predicted molar refractivity (Wildman–Crippen MR) is 120 cm³/mol. The van der Waals surface area contributed by atoms with Gasteiger partial charge in [0.05, 0.1) is 18.1 Å². The summed E-state index contributed by atoms with van der Waals surface area (Å²) in [6, 6.07) is 16.6. The zero-order valence-electron chi connectivity index (χ0n) is 17.2. The maximum absolute atomic E-state index is 14.0. The van der Waals surface area contributed by atoms with Crippen molar-refractivity contribution < 1.29 is 26.7 Å². The van der Waals surface area contributed by atoms with Crippen molar-refractivity contribution in [1.29, 1.82) is 0 Å². The average Bonchev–Trinajstić information content (AvgIpc) is 3.57. The summed E-state index contributed by atoms with van der Waals surface area (Å²) in [5.74, 6) is -1.19. The molecule has 3 aromatic rings. The Labute approximate surface area is 182 Å². The van der Waals surface area contributed by atoms with Crippen molar-refractivity contribution in [2.45, 2.75) is 25.2 Å². The lowest BCUT2D eigenvalue weighted by atomic mass is 9.94. The van der Waals surface area contributed by atoms with E-state index in [1.807, 2.05) is 37.3 Å². The Morgan fingerprint density at radius 2 is 1.77 bits per heavy atom. The van der Waals surface area contributed by atoms with E-state index in [4.69, 9.17) is 4.74 Å². The molecule has 0 unspecified atom stereocenters. The quantitative estimate of drug-likeness (QED) is 0.536. The van der Waals surface area contributed by atoms with Crippen LogP contribution in [0.4, 0.5) is 10.1 Å². The Morgan fingerprint density at radius 1 is 1.06 bits per heavy atom. The van der Waals surface area contributed by atoms with Gasteiger partial charge in [-0.3, -0.25) is 4.79 Å². The first-order valence-electron chi connectivity index (χ1n) is 9.93. The molecule has 0 radical (unpaired) electrons. The third kappa shape index (κ3) is 4.01. The number of rotatable bonds is 6. The van der Waals surface area contributed by atoms with E-state index < -0.39 is 17.2 Å². The zero-order valence-corrected chi connectivity index (χ0v) is 17.2. The molecule has 0 atom stereocenters. The molecule has 1 saturated carbocycles. The second-order valence-electron chi connectivity index (χ2n) is 7.83. The molecule has 0 spiro atoms. The predicted octanol–water partition coefficient (Wildman–Crippen LogP) is 5.67. The van der Waals surface area contributed by atoms with E-state index in [-0.39, 0.29) is 14.3 Å². The van der Waals surface area contributed by atoms with Gasteiger partial charge in [0.2, 0.25) is 5.91 Å². The number of carboxylic acid groups (broad SMARTS) is 1. The standard InChI is InChI=1S/C25H22FNO4.2H2/c1-15-3-6-20(14-22(15)16-11-17(23(28)29)13-19(26)12-16)27-24(30)25(9-10-25)18-4-7-21(31-2)8-5-18;;/h3-8,11-14H,9-10H2,1-2H3,(H,27,30)(H,28,29);2*1H. The Bertz CT molecular complexity index is 1180. The number of anilines is 1. The summed E-state index contributed by atoms with van der Waals surface area (Å²) in [4.78, 5) is 24.4. The summed E-state index contributed by atoms with van der Waals surface area (Å²) in [7, 11) is 1.60. The van der Waals surface area contributed by atoms with Crippen molar-refractivity contribution in [2.75, 3.05) is 12.4 Å². The second kappa shape index (κ2) is 7.87. The van der Waals surface area contributed by atoms with E-state index in [0.717, 1.165) is 35.8 Å². The van der Waals surface area contributed by atoms with E-state index >= 15 is 0 Å². The summed E-state index contributed by atoms with van der Waals surface area (Å²) < 4.78 is 19.2. The summed E-state index contributed by atoms with van der Waals surface area (Å²) in [6.45, 7) is 1.85. The maximum Gasteiger partial charge on any atom is 0.335 e. The van der Waals surface area contributed by atoms with E-state index in [1.54, 1.807) is 19.2 Å². The molecule has 4 rings (SSSR count). The fourth-order valence-electron chi connectivity index (χ4n) is 3.81. The lowest BCUT2D eigenvalue weighted by molar-refractivity contribution is -0.118. The molecule has 2 N–H and O–H groups in total. The van der Waals surface area contributed by atoms with Crippen LogP contribution in [0.25, 0.3) is 11.1 Å². The van der Waals surface area contributed by atoms with Gasteiger partial charge in [0.1, 0.15) is 11.6 Å². The molecule has 1 aliphatic carbocycles. The van der Waals surface area contributed by atoms with E-state index in [9.17, 15) is 19.1 Å². The summed E-state index contributed by atoms with van der Waals surface area (Å²) in [5, 5.41) is 12.2. The van der Waals surface area contributed by atoms with Crippen LogP contribution < -0.4 is 10.1 Å². The molecule has 3 aromatic carbocycles. The van der Waals surface area contributed by atoms with Gasteiger partial charge in [0.15, 0.2) is 0 Å². The van der Waals surface area contributed by atoms with Crippen molar-refractivity contribution in [2.24, 2.45) is 0 Å². The number of methoxy groups -OCH3 is 1. The van der Waals surface area contributed by atoms with Crippen LogP contribution in [0.1, 0.15) is 37.2 Å². The number of benzene rings is 3. The highest BCUT2D eigenvalue weighted by Gasteiger charge is 2.51. The van der Waals surface area contributed by atoms with Crippen LogP contribution >= 0.6 is 0 Å². The molecule has 1 amide bonds. The molecule has 0 bridgehead atoms. The minimum absolute atomic E-state index is 0. The number of carbonyl (C=O) groups is 2. The highest BCUT2D eigenvalue weighted by atomic mass is 19.1. The fourth-order valence-corrected chi connectivity index (χ4v) is 3.81. The van der Waals surface area contributed by atoms with Gasteiger partial charge in [-0.1, -0.05) is 18.2 Å². The second-order valence-corrected chi connectivity index (χ2v) is 7.83. The number of carboxylic acids is 1. The Hall–Kier alpha value is -3.67. The first-order valence-corrected chi connectivity index (χ1v) is 9.93. The van der Waals surface area contributed by atoms with Gasteiger partial charge in [-0.05, 0) is 84.5 Å². The Morgan fingerprint density at radius 3 is 2.39 bits per heavy atom. The molecular formula is C25H26FNO4. The van der Waals surface area contributed by atoms with Gasteiger partial charge >= 0.3 is 5.97 Å². The number of aryl methyl sites for hydroxylation is 1. The van der Waals surface area contributed by atoms with Crippen LogP contribution in [0.2, 0.25) is 0 Å². The molecule has 1 aliphatic rings. The van der Waals surface area contributed by atoms with Gasteiger partial charge in [-0.25, -0.2) is 9.18 Å². The maximum atomic E-state index is 14.0. The summed E-state index contributed by atoms with van der Waals surface area (Å²) >= 11 is 0. The molecule has 5 nitrogen and oxygen atoms in total. The monoisotopic (exact) mass is 423 g/mol. The number of carbonyl (C=O) groups excluding carboxylic acids is 1. The number of halogens is 1. The van der Waals surface area contributed by atoms with Crippen LogP contribution in [-0.2, 0) is 10.2 Å². The molecule has 31 heavy (non-hydrogen) atoms. The number of amides is 1.